The maximum absolute atomic E-state index is 14.2. The van der Waals surface area contributed by atoms with E-state index in [1.54, 1.807) is 26.0 Å². The van der Waals surface area contributed by atoms with Crippen LogP contribution in [0.5, 0.6) is 5.75 Å². The Morgan fingerprint density at radius 2 is 2.06 bits per heavy atom. The lowest BCUT2D eigenvalue weighted by Gasteiger charge is -2.41. The fourth-order valence-corrected chi connectivity index (χ4v) is 4.41. The molecule has 0 unspecified atom stereocenters. The van der Waals surface area contributed by atoms with Gasteiger partial charge in [-0.1, -0.05) is 28.9 Å². The highest BCUT2D eigenvalue weighted by Gasteiger charge is 2.47. The number of hydrogen-bond acceptors (Lipinski definition) is 7. The molecule has 0 atom stereocenters. The predicted octanol–water partition coefficient (Wildman–Crippen LogP) is 5.15. The summed E-state index contributed by atoms with van der Waals surface area (Å²) in [5.74, 6) is -1.10. The summed E-state index contributed by atoms with van der Waals surface area (Å²) in [5, 5.41) is 17.9. The van der Waals surface area contributed by atoms with Crippen LogP contribution >= 0.6 is 11.6 Å². The van der Waals surface area contributed by atoms with Crippen molar-refractivity contribution in [1.29, 1.82) is 0 Å². The van der Waals surface area contributed by atoms with Gasteiger partial charge in [-0.2, -0.15) is 18.3 Å². The van der Waals surface area contributed by atoms with Gasteiger partial charge in [-0.05, 0) is 32.8 Å². The number of esters is 1. The molecule has 0 radical (unpaired) electrons. The van der Waals surface area contributed by atoms with Gasteiger partial charge in [0.15, 0.2) is 11.5 Å². The molecule has 2 aromatic heterocycles. The number of ether oxygens (including phenoxy) is 2. The molecular formula is C22H21ClF3N3O5. The fraction of sp³-hybridized carbons (Fsp3) is 0.409. The Balaban J connectivity index is 1.91. The molecule has 0 bridgehead atoms. The molecule has 1 aliphatic rings. The summed E-state index contributed by atoms with van der Waals surface area (Å²) in [5.41, 5.74) is -2.85. The first-order chi connectivity index (χ1) is 16.0. The summed E-state index contributed by atoms with van der Waals surface area (Å²) in [6.07, 6.45) is -3.66. The molecule has 8 nitrogen and oxygen atoms in total. The lowest BCUT2D eigenvalue weighted by molar-refractivity contribution is -0.148. The molecule has 0 saturated heterocycles. The second kappa shape index (κ2) is 8.62. The maximum Gasteiger partial charge on any atom is 0.433 e. The van der Waals surface area contributed by atoms with E-state index in [0.717, 1.165) is 10.9 Å². The molecule has 1 aliphatic carbocycles. The number of alkyl halides is 3. The van der Waals surface area contributed by atoms with E-state index in [4.69, 9.17) is 25.6 Å². The summed E-state index contributed by atoms with van der Waals surface area (Å²) in [6, 6.07) is 4.03. The van der Waals surface area contributed by atoms with Gasteiger partial charge in [0.25, 0.3) is 0 Å². The van der Waals surface area contributed by atoms with Crippen molar-refractivity contribution in [3.63, 3.8) is 0 Å². The van der Waals surface area contributed by atoms with Crippen LogP contribution in [0.2, 0.25) is 5.02 Å². The summed E-state index contributed by atoms with van der Waals surface area (Å²) >= 11 is 6.38. The molecule has 1 aromatic carbocycles. The topological polar surface area (TPSA) is 99.6 Å². The quantitative estimate of drug-likeness (QED) is 0.468. The number of carbonyl (C=O) groups excluding carboxylic acids is 1. The van der Waals surface area contributed by atoms with Crippen LogP contribution < -0.4 is 4.74 Å². The summed E-state index contributed by atoms with van der Waals surface area (Å²) < 4.78 is 58.9. The van der Waals surface area contributed by atoms with Crippen molar-refractivity contribution in [2.75, 3.05) is 13.7 Å². The number of hydrogen-bond donors (Lipinski definition) is 1. The van der Waals surface area contributed by atoms with Crippen LogP contribution in [0.3, 0.4) is 0 Å². The van der Waals surface area contributed by atoms with Gasteiger partial charge < -0.3 is 19.1 Å². The molecule has 2 heterocycles. The predicted molar refractivity (Wildman–Crippen MR) is 115 cm³/mol. The molecular weight excluding hydrogens is 479 g/mol. The molecule has 0 amide bonds. The number of aliphatic hydroxyl groups is 1. The van der Waals surface area contributed by atoms with Crippen LogP contribution in [0.1, 0.15) is 48.8 Å². The van der Waals surface area contributed by atoms with E-state index < -0.39 is 40.8 Å². The SMILES string of the molecule is CCOC(=O)c1c(-c2cccc(OC)c2Cl)noc1-c1cnn(C2CC(C)(O)C2)c1C(F)(F)F. The van der Waals surface area contributed by atoms with Crippen molar-refractivity contribution < 1.29 is 37.1 Å². The average Bonchev–Trinajstić information content (AvgIpc) is 3.36. The number of halogens is 4. The fourth-order valence-electron chi connectivity index (χ4n) is 4.12. The lowest BCUT2D eigenvalue weighted by Crippen LogP contribution is -2.43. The molecule has 1 N–H and O–H groups in total. The van der Waals surface area contributed by atoms with E-state index in [9.17, 15) is 23.1 Å². The van der Waals surface area contributed by atoms with E-state index in [-0.39, 0.29) is 47.0 Å². The van der Waals surface area contributed by atoms with Crippen molar-refractivity contribution in [1.82, 2.24) is 14.9 Å². The molecule has 0 aliphatic heterocycles. The standard InChI is InChI=1S/C22H21ClF3N3O5/c1-4-33-20(30)15-17(12-6-5-7-14(32-3)16(12)23)28-34-18(15)13-10-27-29(19(13)22(24,25)26)11-8-21(2,31)9-11/h5-7,10-11,31H,4,8-9H2,1-3H3. The third-order valence-corrected chi connectivity index (χ3v) is 6.01. The number of aromatic nitrogens is 3. The number of rotatable bonds is 6. The van der Waals surface area contributed by atoms with Gasteiger partial charge in [-0.3, -0.25) is 4.68 Å². The van der Waals surface area contributed by atoms with Crippen LogP contribution in [0, 0.1) is 0 Å². The van der Waals surface area contributed by atoms with Crippen molar-refractivity contribution in [3.05, 3.63) is 40.7 Å². The van der Waals surface area contributed by atoms with E-state index in [0.29, 0.717) is 0 Å². The first-order valence-corrected chi connectivity index (χ1v) is 10.7. The van der Waals surface area contributed by atoms with Gasteiger partial charge in [0, 0.05) is 5.56 Å². The molecule has 0 spiro atoms. The molecule has 4 rings (SSSR count). The number of carbonyl (C=O) groups is 1. The van der Waals surface area contributed by atoms with E-state index in [1.807, 2.05) is 0 Å². The Morgan fingerprint density at radius 3 is 2.65 bits per heavy atom. The molecule has 1 fully saturated rings. The summed E-state index contributed by atoms with van der Waals surface area (Å²) in [6.45, 7) is 3.07. The van der Waals surface area contributed by atoms with Crippen molar-refractivity contribution in [2.45, 2.75) is 44.5 Å². The zero-order valence-corrected chi connectivity index (χ0v) is 19.2. The second-order valence-corrected chi connectivity index (χ2v) is 8.56. The highest BCUT2D eigenvalue weighted by molar-refractivity contribution is 6.35. The van der Waals surface area contributed by atoms with Gasteiger partial charge in [-0.15, -0.1) is 0 Å². The zero-order valence-electron chi connectivity index (χ0n) is 18.4. The summed E-state index contributed by atoms with van der Waals surface area (Å²) in [7, 11) is 1.40. The smallest absolute Gasteiger partial charge is 0.433 e. The van der Waals surface area contributed by atoms with Gasteiger partial charge in [0.05, 0.1) is 42.1 Å². The van der Waals surface area contributed by atoms with E-state index in [2.05, 4.69) is 10.3 Å². The number of benzene rings is 1. The zero-order chi connectivity index (χ0) is 24.8. The van der Waals surface area contributed by atoms with Crippen LogP contribution in [0.15, 0.2) is 28.9 Å². The second-order valence-electron chi connectivity index (χ2n) is 8.19. The molecule has 3 aromatic rings. The van der Waals surface area contributed by atoms with E-state index >= 15 is 0 Å². The first kappa shape index (κ1) is 24.1. The molecule has 182 valence electrons. The monoisotopic (exact) mass is 499 g/mol. The lowest BCUT2D eigenvalue weighted by atomic mass is 9.77. The first-order valence-electron chi connectivity index (χ1n) is 10.4. The van der Waals surface area contributed by atoms with Gasteiger partial charge >= 0.3 is 12.1 Å². The van der Waals surface area contributed by atoms with Crippen molar-refractivity contribution in [2.24, 2.45) is 0 Å². The highest BCUT2D eigenvalue weighted by atomic mass is 35.5. The maximum atomic E-state index is 14.2. The van der Waals surface area contributed by atoms with Gasteiger partial charge in [0.1, 0.15) is 17.0 Å². The Morgan fingerprint density at radius 1 is 1.35 bits per heavy atom. The Bertz CT molecular complexity index is 1230. The normalized spacial score (nSPS) is 20.2. The molecule has 1 saturated carbocycles. The van der Waals surface area contributed by atoms with Gasteiger partial charge in [-0.25, -0.2) is 4.79 Å². The Kier molecular flexibility index (Phi) is 6.11. The highest BCUT2D eigenvalue weighted by Crippen LogP contribution is 2.47. The van der Waals surface area contributed by atoms with Crippen LogP contribution in [0.4, 0.5) is 13.2 Å². The van der Waals surface area contributed by atoms with Crippen LogP contribution in [-0.4, -0.2) is 45.3 Å². The summed E-state index contributed by atoms with van der Waals surface area (Å²) in [4.78, 5) is 12.9. The van der Waals surface area contributed by atoms with Crippen LogP contribution in [0.25, 0.3) is 22.6 Å². The van der Waals surface area contributed by atoms with E-state index in [1.165, 1.54) is 13.2 Å². The van der Waals surface area contributed by atoms with Crippen LogP contribution in [-0.2, 0) is 10.9 Å². The number of methoxy groups -OCH3 is 1. The van der Waals surface area contributed by atoms with Gasteiger partial charge in [0.2, 0.25) is 0 Å². The minimum absolute atomic E-state index is 0.0305. The minimum Gasteiger partial charge on any atom is -0.495 e. The largest absolute Gasteiger partial charge is 0.495 e. The van der Waals surface area contributed by atoms with Crippen molar-refractivity contribution in [3.8, 4) is 28.3 Å². The minimum atomic E-state index is -4.83. The Labute approximate surface area is 197 Å². The molecule has 34 heavy (non-hydrogen) atoms. The van der Waals surface area contributed by atoms with Crippen molar-refractivity contribution >= 4 is 17.6 Å². The third kappa shape index (κ3) is 4.14. The third-order valence-electron chi connectivity index (χ3n) is 5.62. The molecule has 12 heteroatoms. The Hall–Kier alpha value is -3.05. The number of nitrogens with zero attached hydrogens (tertiary/aromatic N) is 3. The average molecular weight is 500 g/mol.